The molecule has 2 heteroatoms. The van der Waals surface area contributed by atoms with Gasteiger partial charge in [0.15, 0.2) is 0 Å². The minimum absolute atomic E-state index is 0.0828. The molecule has 2 aliphatic carbocycles. The lowest BCUT2D eigenvalue weighted by molar-refractivity contribution is 0.402. The SMILES string of the molecule is CCCCCCC1(CCCCCC)c2cc(N)ccc2-c2cccc(-c3ccc4c5ccc(-c6cccc7c6C(CCCCCC)(CCCCCC)c6cc(N)ccc6-7)c6cccc(c7cccc3c74)c65)c21. The Bertz CT molecular complexity index is 3130. The largest absolute Gasteiger partial charge is 0.399 e. The molecule has 0 aromatic heterocycles. The zero-order valence-electron chi connectivity index (χ0n) is 44.0. The molecule has 0 fully saturated rings. The Morgan fingerprint density at radius 3 is 0.958 bits per heavy atom. The van der Waals surface area contributed by atoms with Crippen LogP contribution in [0.4, 0.5) is 11.4 Å². The lowest BCUT2D eigenvalue weighted by atomic mass is 9.68. The molecule has 0 radical (unpaired) electrons. The van der Waals surface area contributed by atoms with E-state index < -0.39 is 0 Å². The highest BCUT2D eigenvalue weighted by Gasteiger charge is 2.46. The Morgan fingerprint density at radius 1 is 0.292 bits per heavy atom. The third-order valence-corrected chi connectivity index (χ3v) is 17.9. The molecule has 0 saturated heterocycles. The molecule has 4 N–H and O–H groups in total. The van der Waals surface area contributed by atoms with E-state index in [1.54, 1.807) is 0 Å². The van der Waals surface area contributed by atoms with Gasteiger partial charge in [-0.2, -0.15) is 0 Å². The van der Waals surface area contributed by atoms with Crippen molar-refractivity contribution in [2.24, 2.45) is 0 Å². The topological polar surface area (TPSA) is 52.0 Å². The molecule has 0 heterocycles. The zero-order chi connectivity index (χ0) is 49.4. The van der Waals surface area contributed by atoms with Gasteiger partial charge in [-0.25, -0.2) is 0 Å². The van der Waals surface area contributed by atoms with Crippen molar-refractivity contribution in [3.05, 3.63) is 156 Å². The van der Waals surface area contributed by atoms with E-state index in [-0.39, 0.29) is 10.8 Å². The molecular weight excluding hydrogens is 869 g/mol. The highest BCUT2D eigenvalue weighted by atomic mass is 14.6. The third-order valence-electron chi connectivity index (χ3n) is 17.9. The van der Waals surface area contributed by atoms with Gasteiger partial charge in [-0.15, -0.1) is 0 Å². The second kappa shape index (κ2) is 20.4. The number of hydrogen-bond donors (Lipinski definition) is 2. The van der Waals surface area contributed by atoms with Crippen LogP contribution in [0.2, 0.25) is 0 Å². The molecule has 9 aromatic carbocycles. The first-order chi connectivity index (χ1) is 35.4. The molecule has 9 aromatic rings. The van der Waals surface area contributed by atoms with Crippen LogP contribution in [0.15, 0.2) is 133 Å². The van der Waals surface area contributed by atoms with Crippen LogP contribution in [0.3, 0.4) is 0 Å². The number of nitrogens with two attached hydrogens (primary N) is 2. The predicted molar refractivity (Wildman–Crippen MR) is 315 cm³/mol. The first kappa shape index (κ1) is 48.2. The standard InChI is InChI=1S/C70H78N2/c1-5-9-13-17-41-69(42-18-14-10-6-2)63-45-47(71)33-35-51(63)61-31-23-29-59(67(61)69)49-37-39-57-58-40-38-50(54-26-22-28-56(66(54)58)55-27-21-25-53(49)65(55)57)60-30-24-32-62-52-36-34-48(72)46-64(52)70(68(60)62,43-19-15-11-7-3)44-20-16-12-8-4/h21-40,45-46H,5-20,41-44,71-72H2,1-4H3. The number of benzene rings is 9. The zero-order valence-corrected chi connectivity index (χ0v) is 44.0. The van der Waals surface area contributed by atoms with Crippen molar-refractivity contribution in [1.82, 2.24) is 0 Å². The Kier molecular flexibility index (Phi) is 13.7. The number of hydrogen-bond acceptors (Lipinski definition) is 2. The summed E-state index contributed by atoms with van der Waals surface area (Å²) in [4.78, 5) is 0. The van der Waals surface area contributed by atoms with Gasteiger partial charge in [-0.05, 0) is 160 Å². The average Bonchev–Trinajstić information content (AvgIpc) is 3.83. The first-order valence-corrected chi connectivity index (χ1v) is 28.6. The van der Waals surface area contributed by atoms with Crippen molar-refractivity contribution in [2.45, 2.75) is 167 Å². The fourth-order valence-electron chi connectivity index (χ4n) is 14.6. The van der Waals surface area contributed by atoms with Crippen molar-refractivity contribution in [3.63, 3.8) is 0 Å². The second-order valence-corrected chi connectivity index (χ2v) is 22.3. The maximum Gasteiger partial charge on any atom is 0.0317 e. The Hall–Kier alpha value is -6.12. The fourth-order valence-corrected chi connectivity index (χ4v) is 14.6. The van der Waals surface area contributed by atoms with E-state index in [1.165, 1.54) is 213 Å². The van der Waals surface area contributed by atoms with Crippen LogP contribution in [0.5, 0.6) is 0 Å². The van der Waals surface area contributed by atoms with Crippen molar-refractivity contribution in [2.75, 3.05) is 11.5 Å². The number of anilines is 2. The summed E-state index contributed by atoms with van der Waals surface area (Å²) in [6.07, 6.45) is 24.7. The normalized spacial score (nSPS) is 14.2. The van der Waals surface area contributed by atoms with Gasteiger partial charge >= 0.3 is 0 Å². The van der Waals surface area contributed by atoms with Gasteiger partial charge in [0.2, 0.25) is 0 Å². The Morgan fingerprint density at radius 2 is 0.597 bits per heavy atom. The molecule has 0 saturated carbocycles. The number of unbranched alkanes of at least 4 members (excludes halogenated alkanes) is 12. The summed E-state index contributed by atoms with van der Waals surface area (Å²) < 4.78 is 0. The van der Waals surface area contributed by atoms with Gasteiger partial charge in [0.25, 0.3) is 0 Å². The van der Waals surface area contributed by atoms with Gasteiger partial charge in [0.1, 0.15) is 0 Å². The molecule has 0 bridgehead atoms. The average molecular weight is 947 g/mol. The van der Waals surface area contributed by atoms with Crippen LogP contribution >= 0.6 is 0 Å². The van der Waals surface area contributed by atoms with E-state index >= 15 is 0 Å². The number of rotatable bonds is 22. The summed E-state index contributed by atoms with van der Waals surface area (Å²) in [6, 6.07) is 52.2. The van der Waals surface area contributed by atoms with Crippen molar-refractivity contribution in [1.29, 1.82) is 0 Å². The van der Waals surface area contributed by atoms with Crippen LogP contribution in [0, 0.1) is 0 Å². The summed E-state index contributed by atoms with van der Waals surface area (Å²) >= 11 is 0. The maximum absolute atomic E-state index is 6.74. The molecular formula is C70H78N2. The highest BCUT2D eigenvalue weighted by molar-refractivity contribution is 6.35. The van der Waals surface area contributed by atoms with E-state index in [0.29, 0.717) is 0 Å². The van der Waals surface area contributed by atoms with E-state index in [9.17, 15) is 0 Å². The molecule has 11 rings (SSSR count). The molecule has 0 unspecified atom stereocenters. The van der Waals surface area contributed by atoms with Crippen molar-refractivity contribution in [3.8, 4) is 44.5 Å². The van der Waals surface area contributed by atoms with Crippen LogP contribution in [-0.2, 0) is 10.8 Å². The molecule has 0 atom stereocenters. The van der Waals surface area contributed by atoms with Gasteiger partial charge in [-0.1, -0.05) is 240 Å². The molecule has 2 aliphatic rings. The first-order valence-electron chi connectivity index (χ1n) is 28.6. The predicted octanol–water partition coefficient (Wildman–Crippen LogP) is 20.7. The van der Waals surface area contributed by atoms with E-state index in [1.807, 2.05) is 0 Å². The number of fused-ring (bicyclic) bond motifs is 8. The molecule has 0 spiro atoms. The molecule has 0 amide bonds. The smallest absolute Gasteiger partial charge is 0.0317 e. The quantitative estimate of drug-likeness (QED) is 0.0308. The van der Waals surface area contributed by atoms with Crippen molar-refractivity contribution >= 4 is 54.5 Å². The van der Waals surface area contributed by atoms with E-state index in [2.05, 4.69) is 161 Å². The number of nitrogen functional groups attached to an aromatic ring is 2. The second-order valence-electron chi connectivity index (χ2n) is 22.3. The summed E-state index contributed by atoms with van der Waals surface area (Å²) in [5.41, 5.74) is 32.1. The maximum atomic E-state index is 6.74. The lowest BCUT2D eigenvalue weighted by Crippen LogP contribution is -2.26. The minimum Gasteiger partial charge on any atom is -0.399 e. The third kappa shape index (κ3) is 7.98. The summed E-state index contributed by atoms with van der Waals surface area (Å²) in [5, 5.41) is 10.8. The molecule has 0 aliphatic heterocycles. The van der Waals surface area contributed by atoms with Gasteiger partial charge < -0.3 is 11.5 Å². The summed E-state index contributed by atoms with van der Waals surface area (Å²) in [5.74, 6) is 0. The summed E-state index contributed by atoms with van der Waals surface area (Å²) in [7, 11) is 0. The Labute approximate surface area is 431 Å². The van der Waals surface area contributed by atoms with Crippen molar-refractivity contribution < 1.29 is 0 Å². The molecule has 72 heavy (non-hydrogen) atoms. The summed E-state index contributed by atoms with van der Waals surface area (Å²) in [6.45, 7) is 9.32. The highest BCUT2D eigenvalue weighted by Crippen LogP contribution is 2.60. The monoisotopic (exact) mass is 947 g/mol. The van der Waals surface area contributed by atoms with Crippen LogP contribution in [0.1, 0.15) is 178 Å². The Balaban J connectivity index is 1.10. The van der Waals surface area contributed by atoms with Crippen LogP contribution in [0.25, 0.3) is 87.6 Å². The van der Waals surface area contributed by atoms with E-state index in [4.69, 9.17) is 11.5 Å². The van der Waals surface area contributed by atoms with Crippen LogP contribution < -0.4 is 11.5 Å². The fraction of sp³-hybridized carbons (Fsp3) is 0.371. The van der Waals surface area contributed by atoms with Gasteiger partial charge in [0, 0.05) is 22.2 Å². The van der Waals surface area contributed by atoms with Gasteiger partial charge in [-0.3, -0.25) is 0 Å². The van der Waals surface area contributed by atoms with Crippen LogP contribution in [-0.4, -0.2) is 0 Å². The molecule has 2 nitrogen and oxygen atoms in total. The van der Waals surface area contributed by atoms with E-state index in [0.717, 1.165) is 37.1 Å². The lowest BCUT2D eigenvalue weighted by Gasteiger charge is -2.35. The van der Waals surface area contributed by atoms with Gasteiger partial charge in [0.05, 0.1) is 0 Å². The minimum atomic E-state index is -0.0828. The molecule has 368 valence electrons.